The number of ether oxygens (including phenoxy) is 1. The van der Waals surface area contributed by atoms with E-state index in [-0.39, 0.29) is 5.60 Å². The van der Waals surface area contributed by atoms with Crippen molar-refractivity contribution in [2.24, 2.45) is 0 Å². The molecule has 0 spiro atoms. The lowest BCUT2D eigenvalue weighted by molar-refractivity contribution is -0.00677. The number of fused-ring (bicyclic) bond motifs is 1. The maximum atomic E-state index is 10.4. The minimum Gasteiger partial charge on any atom is -0.487 e. The normalized spacial score (nSPS) is 24.2. The van der Waals surface area contributed by atoms with E-state index in [1.54, 1.807) is 0 Å². The Morgan fingerprint density at radius 3 is 2.76 bits per heavy atom. The third-order valence-corrected chi connectivity index (χ3v) is 4.59. The number of benzene rings is 2. The summed E-state index contributed by atoms with van der Waals surface area (Å²) in [6, 6.07) is 16.2. The summed E-state index contributed by atoms with van der Waals surface area (Å²) in [7, 11) is 0. The fourth-order valence-corrected chi connectivity index (χ4v) is 3.24. The molecule has 1 aliphatic heterocycles. The first-order valence-electron chi connectivity index (χ1n) is 7.26. The van der Waals surface area contributed by atoms with Gasteiger partial charge in [0.25, 0.3) is 0 Å². The lowest BCUT2D eigenvalue weighted by atomic mass is 9.86. The molecule has 3 rings (SSSR count). The van der Waals surface area contributed by atoms with E-state index in [0.717, 1.165) is 28.6 Å². The first-order chi connectivity index (χ1) is 10.1. The van der Waals surface area contributed by atoms with Crippen LogP contribution in [0.25, 0.3) is 0 Å². The number of hydrogen-bond donors (Lipinski definition) is 1. The molecule has 0 aromatic heterocycles. The van der Waals surface area contributed by atoms with Gasteiger partial charge in [-0.3, -0.25) is 0 Å². The highest BCUT2D eigenvalue weighted by atomic mass is 79.9. The Labute approximate surface area is 133 Å². The molecule has 1 heterocycles. The van der Waals surface area contributed by atoms with Crippen molar-refractivity contribution >= 4 is 15.9 Å². The average molecular weight is 347 g/mol. The molecule has 1 N–H and O–H groups in total. The van der Waals surface area contributed by atoms with E-state index in [1.165, 1.54) is 5.56 Å². The van der Waals surface area contributed by atoms with Crippen molar-refractivity contribution in [3.63, 3.8) is 0 Å². The third kappa shape index (κ3) is 3.30. The van der Waals surface area contributed by atoms with Crippen LogP contribution in [0.3, 0.4) is 0 Å². The molecule has 2 atom stereocenters. The zero-order valence-electron chi connectivity index (χ0n) is 12.1. The van der Waals surface area contributed by atoms with Crippen LogP contribution in [-0.4, -0.2) is 10.7 Å². The Balaban J connectivity index is 1.77. The minimum absolute atomic E-state index is 0.330. The molecule has 0 radical (unpaired) electrons. The second-order valence-corrected chi connectivity index (χ2v) is 6.86. The molecule has 2 unspecified atom stereocenters. The quantitative estimate of drug-likeness (QED) is 0.875. The first kappa shape index (κ1) is 14.6. The van der Waals surface area contributed by atoms with Crippen LogP contribution in [0.2, 0.25) is 0 Å². The lowest BCUT2D eigenvalue weighted by Gasteiger charge is -2.38. The van der Waals surface area contributed by atoms with E-state index in [9.17, 15) is 5.11 Å². The van der Waals surface area contributed by atoms with Gasteiger partial charge in [0.2, 0.25) is 0 Å². The van der Waals surface area contributed by atoms with E-state index in [2.05, 4.69) is 47.1 Å². The van der Waals surface area contributed by atoms with E-state index in [1.807, 2.05) is 24.3 Å². The summed E-state index contributed by atoms with van der Waals surface area (Å²) in [4.78, 5) is 0. The second kappa shape index (κ2) is 5.82. The van der Waals surface area contributed by atoms with Crippen LogP contribution in [0.5, 0.6) is 5.75 Å². The molecule has 2 aromatic rings. The van der Waals surface area contributed by atoms with Gasteiger partial charge in [-0.2, -0.15) is 0 Å². The molecule has 0 saturated heterocycles. The molecule has 21 heavy (non-hydrogen) atoms. The molecule has 110 valence electrons. The molecule has 3 heteroatoms. The molecule has 2 aromatic carbocycles. The molecule has 1 aliphatic rings. The van der Waals surface area contributed by atoms with Crippen molar-refractivity contribution < 1.29 is 9.84 Å². The van der Waals surface area contributed by atoms with Crippen LogP contribution in [-0.2, 0) is 6.42 Å². The van der Waals surface area contributed by atoms with Gasteiger partial charge in [-0.05, 0) is 37.5 Å². The zero-order valence-corrected chi connectivity index (χ0v) is 13.6. The lowest BCUT2D eigenvalue weighted by Crippen LogP contribution is -2.38. The zero-order chi connectivity index (χ0) is 14.9. The Bertz CT molecular complexity index is 626. The van der Waals surface area contributed by atoms with Crippen molar-refractivity contribution in [3.05, 3.63) is 64.1 Å². The molecule has 0 amide bonds. The van der Waals surface area contributed by atoms with Crippen LogP contribution in [0.1, 0.15) is 37.0 Å². The van der Waals surface area contributed by atoms with E-state index >= 15 is 0 Å². The van der Waals surface area contributed by atoms with Gasteiger partial charge in [0.1, 0.15) is 11.4 Å². The third-order valence-electron chi connectivity index (χ3n) is 4.10. The number of hydrogen-bond acceptors (Lipinski definition) is 2. The molecular formula is C18H19BrO2. The average Bonchev–Trinajstić information content (AvgIpc) is 2.46. The van der Waals surface area contributed by atoms with Gasteiger partial charge in [0.05, 0.1) is 6.10 Å². The predicted molar refractivity (Wildman–Crippen MR) is 87.5 cm³/mol. The molecular weight excluding hydrogens is 328 g/mol. The van der Waals surface area contributed by atoms with Crippen LogP contribution >= 0.6 is 15.9 Å². The van der Waals surface area contributed by atoms with Crippen LogP contribution < -0.4 is 4.74 Å². The second-order valence-electron chi connectivity index (χ2n) is 5.94. The maximum Gasteiger partial charge on any atom is 0.127 e. The highest BCUT2D eigenvalue weighted by molar-refractivity contribution is 9.10. The Morgan fingerprint density at radius 2 is 2.00 bits per heavy atom. The number of rotatable bonds is 3. The van der Waals surface area contributed by atoms with Gasteiger partial charge in [0.15, 0.2) is 0 Å². The van der Waals surface area contributed by atoms with Crippen LogP contribution in [0.15, 0.2) is 53.0 Å². The Morgan fingerprint density at radius 1 is 1.24 bits per heavy atom. The van der Waals surface area contributed by atoms with Crippen molar-refractivity contribution in [1.29, 1.82) is 0 Å². The van der Waals surface area contributed by atoms with Gasteiger partial charge in [-0.1, -0.05) is 52.3 Å². The monoisotopic (exact) mass is 346 g/mol. The maximum absolute atomic E-state index is 10.4. The topological polar surface area (TPSA) is 29.5 Å². The van der Waals surface area contributed by atoms with E-state index < -0.39 is 6.10 Å². The summed E-state index contributed by atoms with van der Waals surface area (Å²) >= 11 is 3.46. The van der Waals surface area contributed by atoms with Gasteiger partial charge >= 0.3 is 0 Å². The SMILES string of the molecule is CC1(CCc2ccccc2)CC(O)c2ccc(Br)cc2O1. The van der Waals surface area contributed by atoms with Crippen LogP contribution in [0.4, 0.5) is 0 Å². The summed E-state index contributed by atoms with van der Waals surface area (Å²) in [6.07, 6.45) is 2.02. The molecule has 0 fully saturated rings. The fraction of sp³-hybridized carbons (Fsp3) is 0.333. The van der Waals surface area contributed by atoms with Crippen molar-refractivity contribution in [1.82, 2.24) is 0 Å². The summed E-state index contributed by atoms with van der Waals surface area (Å²) in [5, 5.41) is 10.4. The van der Waals surface area contributed by atoms with Gasteiger partial charge in [0, 0.05) is 16.5 Å². The van der Waals surface area contributed by atoms with Crippen molar-refractivity contribution in [2.45, 2.75) is 37.9 Å². The Hall–Kier alpha value is -1.32. The number of aryl methyl sites for hydroxylation is 1. The van der Waals surface area contributed by atoms with Gasteiger partial charge in [-0.15, -0.1) is 0 Å². The highest BCUT2D eigenvalue weighted by Gasteiger charge is 2.36. The van der Waals surface area contributed by atoms with E-state index in [0.29, 0.717) is 6.42 Å². The fourth-order valence-electron chi connectivity index (χ4n) is 2.90. The number of aliphatic hydroxyl groups excluding tert-OH is 1. The molecule has 0 bridgehead atoms. The van der Waals surface area contributed by atoms with Crippen LogP contribution in [0, 0.1) is 0 Å². The summed E-state index contributed by atoms with van der Waals surface area (Å²) in [5.41, 5.74) is 1.86. The minimum atomic E-state index is -0.456. The number of aliphatic hydroxyl groups is 1. The predicted octanol–water partition coefficient (Wildman–Crippen LogP) is 4.66. The molecule has 0 aliphatic carbocycles. The molecule has 0 saturated carbocycles. The van der Waals surface area contributed by atoms with Crippen molar-refractivity contribution in [3.8, 4) is 5.75 Å². The summed E-state index contributed by atoms with van der Waals surface area (Å²) < 4.78 is 7.18. The Kier molecular flexibility index (Phi) is 4.05. The molecule has 2 nitrogen and oxygen atoms in total. The summed E-state index contributed by atoms with van der Waals surface area (Å²) in [6.45, 7) is 2.09. The standard InChI is InChI=1S/C18H19BrO2/c1-18(10-9-13-5-3-2-4-6-13)12-16(20)15-8-7-14(19)11-17(15)21-18/h2-8,11,16,20H,9-10,12H2,1H3. The number of halogens is 1. The largest absolute Gasteiger partial charge is 0.487 e. The van der Waals surface area contributed by atoms with Crippen molar-refractivity contribution in [2.75, 3.05) is 0 Å². The van der Waals surface area contributed by atoms with Gasteiger partial charge < -0.3 is 9.84 Å². The van der Waals surface area contributed by atoms with Gasteiger partial charge in [-0.25, -0.2) is 0 Å². The van der Waals surface area contributed by atoms with E-state index in [4.69, 9.17) is 4.74 Å². The summed E-state index contributed by atoms with van der Waals surface area (Å²) in [5.74, 6) is 0.790. The first-order valence-corrected chi connectivity index (χ1v) is 8.05. The smallest absolute Gasteiger partial charge is 0.127 e. The highest BCUT2D eigenvalue weighted by Crippen LogP contribution is 2.42.